The van der Waals surface area contributed by atoms with Crippen LogP contribution in [0, 0.1) is 6.92 Å². The van der Waals surface area contributed by atoms with E-state index in [1.807, 2.05) is 12.4 Å². The average molecular weight is 218 g/mol. The molecule has 0 radical (unpaired) electrons. The number of nitrogens with zero attached hydrogens (tertiary/aromatic N) is 1. The van der Waals surface area contributed by atoms with Crippen molar-refractivity contribution in [3.05, 3.63) is 35.7 Å². The molecular weight excluding hydrogens is 196 g/mol. The first kappa shape index (κ1) is 12.8. The maximum atomic E-state index is 4.17. The van der Waals surface area contributed by atoms with Crippen LogP contribution >= 0.6 is 0 Å². The van der Waals surface area contributed by atoms with Crippen LogP contribution in [0.2, 0.25) is 0 Å². The van der Waals surface area contributed by atoms with E-state index < -0.39 is 0 Å². The minimum atomic E-state index is 0.485. The molecule has 16 heavy (non-hydrogen) atoms. The van der Waals surface area contributed by atoms with E-state index in [4.69, 9.17) is 0 Å². The van der Waals surface area contributed by atoms with Crippen molar-refractivity contribution in [1.29, 1.82) is 0 Å². The van der Waals surface area contributed by atoms with Crippen molar-refractivity contribution < 1.29 is 0 Å². The van der Waals surface area contributed by atoms with Gasteiger partial charge in [0.2, 0.25) is 0 Å². The number of nitrogens with one attached hydrogen (secondary N) is 1. The maximum Gasteiger partial charge on any atom is 0.0531 e. The van der Waals surface area contributed by atoms with Gasteiger partial charge in [-0.25, -0.2) is 0 Å². The lowest BCUT2D eigenvalue weighted by Gasteiger charge is -2.14. The molecule has 2 nitrogen and oxygen atoms in total. The van der Waals surface area contributed by atoms with Crippen molar-refractivity contribution in [2.24, 2.45) is 0 Å². The first-order chi connectivity index (χ1) is 7.58. The molecule has 0 fully saturated rings. The van der Waals surface area contributed by atoms with E-state index >= 15 is 0 Å². The monoisotopic (exact) mass is 218 g/mol. The van der Waals surface area contributed by atoms with Gasteiger partial charge in [0.25, 0.3) is 0 Å². The molecule has 1 heterocycles. The fraction of sp³-hybridized carbons (Fsp3) is 0.500. The second kappa shape index (κ2) is 6.31. The number of anilines is 1. The zero-order chi connectivity index (χ0) is 12.0. The molecule has 1 aromatic rings. The summed E-state index contributed by atoms with van der Waals surface area (Å²) in [5, 5.41) is 3.46. The highest BCUT2D eigenvalue weighted by Gasteiger charge is 2.01. The van der Waals surface area contributed by atoms with Gasteiger partial charge in [-0.3, -0.25) is 4.98 Å². The summed E-state index contributed by atoms with van der Waals surface area (Å²) in [6.45, 7) is 8.55. The number of rotatable bonds is 5. The Hall–Kier alpha value is -1.31. The van der Waals surface area contributed by atoms with Crippen molar-refractivity contribution in [2.45, 2.75) is 46.6 Å². The van der Waals surface area contributed by atoms with Gasteiger partial charge >= 0.3 is 0 Å². The summed E-state index contributed by atoms with van der Waals surface area (Å²) >= 11 is 0. The molecule has 1 aromatic heterocycles. The molecule has 0 saturated carbocycles. The van der Waals surface area contributed by atoms with Crippen molar-refractivity contribution in [2.75, 3.05) is 5.32 Å². The Morgan fingerprint density at radius 1 is 1.44 bits per heavy atom. The highest BCUT2D eigenvalue weighted by atomic mass is 14.9. The molecule has 1 atom stereocenters. The normalized spacial score (nSPS) is 12.0. The number of hydrogen-bond acceptors (Lipinski definition) is 2. The minimum Gasteiger partial charge on any atom is -0.381 e. The lowest BCUT2D eigenvalue weighted by molar-refractivity contribution is 0.716. The SMILES string of the molecule is CC(C)=CCCC(C)Nc1cncc(C)c1. The molecule has 0 spiro atoms. The van der Waals surface area contributed by atoms with Gasteiger partial charge in [-0.2, -0.15) is 0 Å². The van der Waals surface area contributed by atoms with E-state index in [1.165, 1.54) is 11.1 Å². The summed E-state index contributed by atoms with van der Waals surface area (Å²) in [6, 6.07) is 2.61. The number of aromatic nitrogens is 1. The topological polar surface area (TPSA) is 24.9 Å². The average Bonchev–Trinajstić information content (AvgIpc) is 2.16. The van der Waals surface area contributed by atoms with Crippen molar-refractivity contribution in [3.8, 4) is 0 Å². The zero-order valence-electron chi connectivity index (χ0n) is 10.7. The predicted octanol–water partition coefficient (Wildman–Crippen LogP) is 3.94. The Balaban J connectivity index is 2.39. The molecule has 1 N–H and O–H groups in total. The van der Waals surface area contributed by atoms with Crippen LogP contribution < -0.4 is 5.32 Å². The molecular formula is C14H22N2. The molecule has 88 valence electrons. The Labute approximate surface area is 98.8 Å². The van der Waals surface area contributed by atoms with Crippen molar-refractivity contribution in [3.63, 3.8) is 0 Å². The van der Waals surface area contributed by atoms with E-state index in [2.05, 4.69) is 50.1 Å². The number of pyridine rings is 1. The summed E-state index contributed by atoms with van der Waals surface area (Å²) in [7, 11) is 0. The molecule has 0 aliphatic carbocycles. The molecule has 0 aliphatic heterocycles. The summed E-state index contributed by atoms with van der Waals surface area (Å²) in [5.41, 5.74) is 3.70. The van der Waals surface area contributed by atoms with E-state index in [-0.39, 0.29) is 0 Å². The van der Waals surface area contributed by atoms with Crippen LogP contribution in [0.15, 0.2) is 30.1 Å². The zero-order valence-corrected chi connectivity index (χ0v) is 10.7. The highest BCUT2D eigenvalue weighted by molar-refractivity contribution is 5.43. The third-order valence-corrected chi connectivity index (χ3v) is 2.44. The number of allylic oxidation sites excluding steroid dienone is 2. The summed E-state index contributed by atoms with van der Waals surface area (Å²) < 4.78 is 0. The largest absolute Gasteiger partial charge is 0.381 e. The quantitative estimate of drug-likeness (QED) is 0.757. The standard InChI is InChI=1S/C14H22N2/c1-11(2)6-5-7-13(4)16-14-8-12(3)9-15-10-14/h6,8-10,13,16H,5,7H2,1-4H3. The third-order valence-electron chi connectivity index (χ3n) is 2.44. The van der Waals surface area contributed by atoms with Gasteiger partial charge in [0.1, 0.15) is 0 Å². The molecule has 0 bridgehead atoms. The van der Waals surface area contributed by atoms with Crippen LogP contribution in [-0.2, 0) is 0 Å². The molecule has 0 saturated heterocycles. The highest BCUT2D eigenvalue weighted by Crippen LogP contribution is 2.11. The molecule has 0 aliphatic rings. The van der Waals surface area contributed by atoms with Gasteiger partial charge in [-0.1, -0.05) is 11.6 Å². The van der Waals surface area contributed by atoms with E-state index in [1.54, 1.807) is 0 Å². The minimum absolute atomic E-state index is 0.485. The Kier molecular flexibility index (Phi) is 5.03. The first-order valence-electron chi connectivity index (χ1n) is 5.89. The smallest absolute Gasteiger partial charge is 0.0531 e. The van der Waals surface area contributed by atoms with E-state index in [9.17, 15) is 0 Å². The van der Waals surface area contributed by atoms with Crippen LogP contribution in [0.25, 0.3) is 0 Å². The summed E-state index contributed by atoms with van der Waals surface area (Å²) in [5.74, 6) is 0. The Bertz CT molecular complexity index is 352. The molecule has 1 unspecified atom stereocenters. The second-order valence-corrected chi connectivity index (χ2v) is 4.66. The van der Waals surface area contributed by atoms with Gasteiger partial charge in [-0.15, -0.1) is 0 Å². The van der Waals surface area contributed by atoms with E-state index in [0.29, 0.717) is 6.04 Å². The molecule has 1 rings (SSSR count). The fourth-order valence-corrected chi connectivity index (χ4v) is 1.61. The number of aryl methyl sites for hydroxylation is 1. The predicted molar refractivity (Wildman–Crippen MR) is 70.7 cm³/mol. The fourth-order valence-electron chi connectivity index (χ4n) is 1.61. The van der Waals surface area contributed by atoms with Gasteiger partial charge in [0.15, 0.2) is 0 Å². The van der Waals surface area contributed by atoms with Crippen LogP contribution in [0.5, 0.6) is 0 Å². The van der Waals surface area contributed by atoms with Gasteiger partial charge < -0.3 is 5.32 Å². The van der Waals surface area contributed by atoms with Gasteiger partial charge in [-0.05, 0) is 52.2 Å². The van der Waals surface area contributed by atoms with Crippen LogP contribution in [0.3, 0.4) is 0 Å². The lowest BCUT2D eigenvalue weighted by Crippen LogP contribution is -2.14. The molecule has 0 amide bonds. The van der Waals surface area contributed by atoms with Crippen LogP contribution in [-0.4, -0.2) is 11.0 Å². The number of hydrogen-bond donors (Lipinski definition) is 1. The summed E-state index contributed by atoms with van der Waals surface area (Å²) in [6.07, 6.45) is 8.32. The first-order valence-corrected chi connectivity index (χ1v) is 5.89. The van der Waals surface area contributed by atoms with E-state index in [0.717, 1.165) is 18.5 Å². The Morgan fingerprint density at radius 3 is 2.81 bits per heavy atom. The third kappa shape index (κ3) is 4.96. The van der Waals surface area contributed by atoms with Crippen LogP contribution in [0.1, 0.15) is 39.2 Å². The molecule has 2 heteroatoms. The second-order valence-electron chi connectivity index (χ2n) is 4.66. The van der Waals surface area contributed by atoms with Crippen molar-refractivity contribution in [1.82, 2.24) is 4.98 Å². The van der Waals surface area contributed by atoms with Crippen LogP contribution in [0.4, 0.5) is 5.69 Å². The van der Waals surface area contributed by atoms with Gasteiger partial charge in [0, 0.05) is 18.4 Å². The summed E-state index contributed by atoms with van der Waals surface area (Å²) in [4.78, 5) is 4.17. The molecule has 0 aromatic carbocycles. The maximum absolute atomic E-state index is 4.17. The van der Waals surface area contributed by atoms with Crippen molar-refractivity contribution >= 4 is 5.69 Å². The Morgan fingerprint density at radius 2 is 2.19 bits per heavy atom. The lowest BCUT2D eigenvalue weighted by atomic mass is 10.1. The van der Waals surface area contributed by atoms with Gasteiger partial charge in [0.05, 0.1) is 5.69 Å².